The summed E-state index contributed by atoms with van der Waals surface area (Å²) in [6.07, 6.45) is 0.864. The molecule has 0 atom stereocenters. The first-order chi connectivity index (χ1) is 10.4. The van der Waals surface area contributed by atoms with Gasteiger partial charge in [-0.15, -0.1) is 0 Å². The van der Waals surface area contributed by atoms with Crippen LogP contribution >= 0.6 is 15.9 Å². The third kappa shape index (κ3) is 3.36. The molecule has 22 heavy (non-hydrogen) atoms. The number of nitrogen functional groups attached to an aromatic ring is 1. The number of hydrogen-bond acceptors (Lipinski definition) is 5. The lowest BCUT2D eigenvalue weighted by atomic mass is 10.0. The van der Waals surface area contributed by atoms with Crippen LogP contribution in [0.4, 0.5) is 5.95 Å². The Bertz CT molecular complexity index is 719. The minimum Gasteiger partial charge on any atom is -0.493 e. The number of aromatic nitrogens is 2. The van der Waals surface area contributed by atoms with Gasteiger partial charge in [-0.25, -0.2) is 9.97 Å². The molecule has 6 nitrogen and oxygen atoms in total. The van der Waals surface area contributed by atoms with Gasteiger partial charge in [0.05, 0.1) is 23.6 Å². The Balaban J connectivity index is 2.70. The number of rotatable bonds is 5. The zero-order valence-corrected chi connectivity index (χ0v) is 14.0. The van der Waals surface area contributed by atoms with E-state index < -0.39 is 5.91 Å². The lowest BCUT2D eigenvalue weighted by Crippen LogP contribution is -2.17. The fourth-order valence-corrected chi connectivity index (χ4v) is 2.47. The highest BCUT2D eigenvalue weighted by Crippen LogP contribution is 2.34. The molecule has 2 rings (SSSR count). The van der Waals surface area contributed by atoms with Crippen molar-refractivity contribution in [1.29, 1.82) is 0 Å². The summed E-state index contributed by atoms with van der Waals surface area (Å²) in [4.78, 5) is 20.0. The van der Waals surface area contributed by atoms with Gasteiger partial charge in [-0.05, 0) is 31.5 Å². The normalized spacial score (nSPS) is 10.5. The van der Waals surface area contributed by atoms with Gasteiger partial charge in [0.15, 0.2) is 0 Å². The molecule has 1 aromatic carbocycles. The summed E-state index contributed by atoms with van der Waals surface area (Å²) >= 11 is 3.41. The molecule has 0 unspecified atom stereocenters. The van der Waals surface area contributed by atoms with Crippen molar-refractivity contribution in [2.75, 3.05) is 12.3 Å². The van der Waals surface area contributed by atoms with Gasteiger partial charge < -0.3 is 16.2 Å². The van der Waals surface area contributed by atoms with Crippen LogP contribution in [0, 0.1) is 6.92 Å². The van der Waals surface area contributed by atoms with Crippen LogP contribution in [0.3, 0.4) is 0 Å². The molecule has 1 amide bonds. The number of aryl methyl sites for hydroxylation is 1. The van der Waals surface area contributed by atoms with Gasteiger partial charge in [0, 0.05) is 10.0 Å². The standard InChI is InChI=1S/C15H17BrN4O2/c1-3-6-22-11-5-4-9(16)7-10(11)13-12(14(17)21)8(2)19-15(18)20-13/h4-5,7H,3,6H2,1-2H3,(H2,17,21)(H2,18,19,20). The number of anilines is 1. The van der Waals surface area contributed by atoms with E-state index >= 15 is 0 Å². The number of primary amides is 1. The molecular weight excluding hydrogens is 348 g/mol. The van der Waals surface area contributed by atoms with Crippen LogP contribution in [0.15, 0.2) is 22.7 Å². The van der Waals surface area contributed by atoms with Crippen LogP contribution in [-0.2, 0) is 0 Å². The van der Waals surface area contributed by atoms with Crippen molar-refractivity contribution in [3.63, 3.8) is 0 Å². The molecule has 0 aliphatic carbocycles. The van der Waals surface area contributed by atoms with Crippen molar-refractivity contribution in [1.82, 2.24) is 9.97 Å². The highest BCUT2D eigenvalue weighted by atomic mass is 79.9. The van der Waals surface area contributed by atoms with Crippen LogP contribution in [0.5, 0.6) is 5.75 Å². The Morgan fingerprint density at radius 3 is 2.73 bits per heavy atom. The van der Waals surface area contributed by atoms with Crippen LogP contribution < -0.4 is 16.2 Å². The summed E-state index contributed by atoms with van der Waals surface area (Å²) in [5.41, 5.74) is 12.9. The molecule has 0 saturated heterocycles. The van der Waals surface area contributed by atoms with E-state index in [2.05, 4.69) is 25.9 Å². The quantitative estimate of drug-likeness (QED) is 0.848. The minimum atomic E-state index is -0.603. The number of halogens is 1. The first-order valence-corrected chi connectivity index (χ1v) is 7.60. The molecule has 2 aromatic rings. The van der Waals surface area contributed by atoms with Gasteiger partial charge in [0.1, 0.15) is 5.75 Å². The van der Waals surface area contributed by atoms with E-state index in [1.165, 1.54) is 0 Å². The van der Waals surface area contributed by atoms with E-state index in [-0.39, 0.29) is 11.5 Å². The van der Waals surface area contributed by atoms with Crippen molar-refractivity contribution in [3.05, 3.63) is 33.9 Å². The number of ether oxygens (including phenoxy) is 1. The highest BCUT2D eigenvalue weighted by molar-refractivity contribution is 9.10. The predicted octanol–water partition coefficient (Wildman–Crippen LogP) is 2.68. The predicted molar refractivity (Wildman–Crippen MR) is 88.6 cm³/mol. The van der Waals surface area contributed by atoms with E-state index in [9.17, 15) is 4.79 Å². The van der Waals surface area contributed by atoms with E-state index in [1.807, 2.05) is 25.1 Å². The smallest absolute Gasteiger partial charge is 0.252 e. The van der Waals surface area contributed by atoms with Crippen LogP contribution in [0.2, 0.25) is 0 Å². The maximum absolute atomic E-state index is 11.8. The van der Waals surface area contributed by atoms with Crippen LogP contribution in [-0.4, -0.2) is 22.5 Å². The third-order valence-electron chi connectivity index (χ3n) is 3.01. The highest BCUT2D eigenvalue weighted by Gasteiger charge is 2.20. The van der Waals surface area contributed by atoms with Crippen LogP contribution in [0.25, 0.3) is 11.3 Å². The molecule has 0 aliphatic heterocycles. The second-order valence-corrected chi connectivity index (χ2v) is 5.66. The summed E-state index contributed by atoms with van der Waals surface area (Å²) in [6, 6.07) is 5.49. The zero-order chi connectivity index (χ0) is 16.3. The average molecular weight is 365 g/mol. The number of carbonyl (C=O) groups is 1. The monoisotopic (exact) mass is 364 g/mol. The first kappa shape index (κ1) is 16.2. The van der Waals surface area contributed by atoms with Gasteiger partial charge >= 0.3 is 0 Å². The van der Waals surface area contributed by atoms with Gasteiger partial charge in [0.25, 0.3) is 5.91 Å². The summed E-state index contributed by atoms with van der Waals surface area (Å²) in [7, 11) is 0. The molecule has 0 saturated carbocycles. The van der Waals surface area contributed by atoms with Crippen molar-refractivity contribution in [2.24, 2.45) is 5.73 Å². The molecule has 7 heteroatoms. The Morgan fingerprint density at radius 1 is 1.36 bits per heavy atom. The van der Waals surface area contributed by atoms with E-state index in [1.54, 1.807) is 6.92 Å². The van der Waals surface area contributed by atoms with E-state index in [0.717, 1.165) is 10.9 Å². The van der Waals surface area contributed by atoms with Gasteiger partial charge in [-0.3, -0.25) is 4.79 Å². The number of carbonyl (C=O) groups excluding carboxylic acids is 1. The average Bonchev–Trinajstić information content (AvgIpc) is 2.44. The van der Waals surface area contributed by atoms with Crippen molar-refractivity contribution in [2.45, 2.75) is 20.3 Å². The number of nitrogens with two attached hydrogens (primary N) is 2. The minimum absolute atomic E-state index is 0.0823. The summed E-state index contributed by atoms with van der Waals surface area (Å²) in [5, 5.41) is 0. The summed E-state index contributed by atoms with van der Waals surface area (Å²) in [5.74, 6) is 0.0953. The molecule has 1 heterocycles. The van der Waals surface area contributed by atoms with E-state index in [4.69, 9.17) is 16.2 Å². The molecule has 4 N–H and O–H groups in total. The second kappa shape index (κ2) is 6.74. The lowest BCUT2D eigenvalue weighted by molar-refractivity contribution is 0.0999. The molecule has 0 spiro atoms. The van der Waals surface area contributed by atoms with Crippen LogP contribution in [0.1, 0.15) is 29.4 Å². The molecule has 0 bridgehead atoms. The maximum atomic E-state index is 11.8. The first-order valence-electron chi connectivity index (χ1n) is 6.80. The van der Waals surface area contributed by atoms with Gasteiger partial charge in [-0.2, -0.15) is 0 Å². The molecule has 116 valence electrons. The number of hydrogen-bond donors (Lipinski definition) is 2. The summed E-state index contributed by atoms with van der Waals surface area (Å²) in [6.45, 7) is 4.24. The SMILES string of the molecule is CCCOc1ccc(Br)cc1-c1nc(N)nc(C)c1C(N)=O. The Morgan fingerprint density at radius 2 is 2.09 bits per heavy atom. The number of benzene rings is 1. The lowest BCUT2D eigenvalue weighted by Gasteiger charge is -2.14. The van der Waals surface area contributed by atoms with Crippen molar-refractivity contribution in [3.8, 4) is 17.0 Å². The van der Waals surface area contributed by atoms with Gasteiger partial charge in [0.2, 0.25) is 5.95 Å². The maximum Gasteiger partial charge on any atom is 0.252 e. The molecule has 0 radical (unpaired) electrons. The van der Waals surface area contributed by atoms with Crippen molar-refractivity contribution < 1.29 is 9.53 Å². The third-order valence-corrected chi connectivity index (χ3v) is 3.51. The molecular formula is C15H17BrN4O2. The zero-order valence-electron chi connectivity index (χ0n) is 12.4. The number of nitrogens with zero attached hydrogens (tertiary/aromatic N) is 2. The molecule has 0 fully saturated rings. The largest absolute Gasteiger partial charge is 0.493 e. The second-order valence-electron chi connectivity index (χ2n) is 4.74. The van der Waals surface area contributed by atoms with Crippen molar-refractivity contribution >= 4 is 27.8 Å². The fourth-order valence-electron chi connectivity index (χ4n) is 2.11. The Kier molecular flexibility index (Phi) is 4.97. The number of amides is 1. The van der Waals surface area contributed by atoms with E-state index in [0.29, 0.717) is 29.3 Å². The van der Waals surface area contributed by atoms with Gasteiger partial charge in [-0.1, -0.05) is 22.9 Å². The Labute approximate surface area is 137 Å². The topological polar surface area (TPSA) is 104 Å². The fraction of sp³-hybridized carbons (Fsp3) is 0.267. The Hall–Kier alpha value is -2.15. The molecule has 0 aliphatic rings. The molecule has 1 aromatic heterocycles. The summed E-state index contributed by atoms with van der Waals surface area (Å²) < 4.78 is 6.57.